The van der Waals surface area contributed by atoms with Crippen LogP contribution in [0.1, 0.15) is 5.56 Å². The zero-order valence-electron chi connectivity index (χ0n) is 18.0. The third-order valence-electron chi connectivity index (χ3n) is 5.19. The van der Waals surface area contributed by atoms with E-state index in [1.54, 1.807) is 38.6 Å². The fourth-order valence-corrected chi connectivity index (χ4v) is 3.45. The molecule has 2 heterocycles. The Labute approximate surface area is 186 Å². The number of carbonyl (C=O) groups is 1. The first kappa shape index (κ1) is 21.2. The van der Waals surface area contributed by atoms with E-state index in [-0.39, 0.29) is 11.6 Å². The van der Waals surface area contributed by atoms with Gasteiger partial charge in [-0.25, -0.2) is 14.8 Å². The lowest BCUT2D eigenvalue weighted by Gasteiger charge is -2.34. The van der Waals surface area contributed by atoms with E-state index in [0.29, 0.717) is 49.2 Å². The van der Waals surface area contributed by atoms with Gasteiger partial charge in [-0.05, 0) is 30.3 Å². The normalized spacial score (nSPS) is 17.9. The lowest BCUT2D eigenvalue weighted by molar-refractivity contribution is -0.130. The third kappa shape index (κ3) is 4.66. The summed E-state index contributed by atoms with van der Waals surface area (Å²) in [5.74, 6) is 1.36. The van der Waals surface area contributed by atoms with E-state index in [4.69, 9.17) is 19.9 Å². The van der Waals surface area contributed by atoms with Crippen molar-refractivity contribution in [2.45, 2.75) is 0 Å². The zero-order chi connectivity index (χ0) is 22.5. The van der Waals surface area contributed by atoms with Crippen molar-refractivity contribution < 1.29 is 19.0 Å². The van der Waals surface area contributed by atoms with E-state index in [0.717, 1.165) is 5.69 Å². The van der Waals surface area contributed by atoms with Crippen LogP contribution in [-0.4, -0.2) is 68.0 Å². The zero-order valence-corrected chi connectivity index (χ0v) is 18.0. The molecule has 4 rings (SSSR count). The molecule has 9 heteroatoms. The van der Waals surface area contributed by atoms with Crippen LogP contribution in [0.5, 0.6) is 11.5 Å². The van der Waals surface area contributed by atoms with Gasteiger partial charge in [0.15, 0.2) is 23.2 Å². The van der Waals surface area contributed by atoms with Crippen LogP contribution in [0, 0.1) is 0 Å². The SMILES string of the molecule is COc1ccc(C2=N/C(=C/N3CCN(C(N)=Nc4ccccc4)CC3)C(=O)O2)cc1OC. The summed E-state index contributed by atoms with van der Waals surface area (Å²) in [5, 5.41) is 0. The molecule has 166 valence electrons. The lowest BCUT2D eigenvalue weighted by atomic mass is 10.2. The van der Waals surface area contributed by atoms with Crippen molar-refractivity contribution in [1.82, 2.24) is 9.80 Å². The maximum absolute atomic E-state index is 12.3. The molecule has 2 N–H and O–H groups in total. The minimum atomic E-state index is -0.484. The fraction of sp³-hybridized carbons (Fsp3) is 0.261. The van der Waals surface area contributed by atoms with Crippen LogP contribution in [0.2, 0.25) is 0 Å². The number of cyclic esters (lactones) is 1. The molecule has 0 radical (unpaired) electrons. The second-order valence-corrected chi connectivity index (χ2v) is 7.22. The highest BCUT2D eigenvalue weighted by Gasteiger charge is 2.27. The van der Waals surface area contributed by atoms with Gasteiger partial charge in [0.2, 0.25) is 5.90 Å². The average Bonchev–Trinajstić information content (AvgIpc) is 3.19. The number of piperazine rings is 1. The summed E-state index contributed by atoms with van der Waals surface area (Å²) in [6, 6.07) is 14.8. The number of methoxy groups -OCH3 is 2. The van der Waals surface area contributed by atoms with Gasteiger partial charge in [-0.1, -0.05) is 18.2 Å². The molecular weight excluding hydrogens is 410 g/mol. The number of hydrogen-bond acceptors (Lipinski definition) is 7. The Morgan fingerprint density at radius 1 is 1.06 bits per heavy atom. The minimum Gasteiger partial charge on any atom is -0.493 e. The topological polar surface area (TPSA) is 102 Å². The van der Waals surface area contributed by atoms with Gasteiger partial charge in [0.25, 0.3) is 0 Å². The Morgan fingerprint density at radius 2 is 1.78 bits per heavy atom. The van der Waals surface area contributed by atoms with Crippen LogP contribution in [0.15, 0.2) is 70.4 Å². The summed E-state index contributed by atoms with van der Waals surface area (Å²) in [7, 11) is 3.11. The molecule has 2 aliphatic heterocycles. The first-order valence-corrected chi connectivity index (χ1v) is 10.2. The number of guanidine groups is 1. The van der Waals surface area contributed by atoms with Gasteiger partial charge in [-0.3, -0.25) is 0 Å². The standard InChI is InChI=1S/C23H25N5O4/c1-30-19-9-8-16(14-20(19)31-2)21-26-18(22(29)32-21)15-27-10-12-28(13-11-27)23(24)25-17-6-4-3-5-7-17/h3-9,14-15H,10-13H2,1-2H3,(H2,24,25)/b18-15+. The lowest BCUT2D eigenvalue weighted by Crippen LogP contribution is -2.49. The Morgan fingerprint density at radius 3 is 2.47 bits per heavy atom. The van der Waals surface area contributed by atoms with Crippen molar-refractivity contribution in [3.05, 3.63) is 66.0 Å². The maximum atomic E-state index is 12.3. The molecule has 2 aromatic carbocycles. The van der Waals surface area contributed by atoms with Crippen molar-refractivity contribution in [3.8, 4) is 11.5 Å². The number of rotatable bonds is 5. The van der Waals surface area contributed by atoms with E-state index >= 15 is 0 Å². The smallest absolute Gasteiger partial charge is 0.365 e. The Bertz CT molecular complexity index is 1070. The molecule has 1 saturated heterocycles. The predicted molar refractivity (Wildman–Crippen MR) is 121 cm³/mol. The van der Waals surface area contributed by atoms with Gasteiger partial charge in [0.1, 0.15) is 0 Å². The molecule has 9 nitrogen and oxygen atoms in total. The Hall–Kier alpha value is -4.01. The van der Waals surface area contributed by atoms with Crippen molar-refractivity contribution in [1.29, 1.82) is 0 Å². The largest absolute Gasteiger partial charge is 0.493 e. The van der Waals surface area contributed by atoms with Crippen LogP contribution in [-0.2, 0) is 9.53 Å². The number of benzene rings is 2. The summed E-state index contributed by atoms with van der Waals surface area (Å²) < 4.78 is 15.9. The van der Waals surface area contributed by atoms with Gasteiger partial charge in [0, 0.05) is 37.9 Å². The molecule has 0 saturated carbocycles. The summed E-state index contributed by atoms with van der Waals surface area (Å²) >= 11 is 0. The first-order chi connectivity index (χ1) is 15.6. The fourth-order valence-electron chi connectivity index (χ4n) is 3.45. The van der Waals surface area contributed by atoms with Gasteiger partial charge >= 0.3 is 5.97 Å². The highest BCUT2D eigenvalue weighted by molar-refractivity contribution is 6.11. The molecule has 0 atom stereocenters. The van der Waals surface area contributed by atoms with Crippen LogP contribution in [0.3, 0.4) is 0 Å². The Balaban J connectivity index is 1.42. The van der Waals surface area contributed by atoms with Crippen LogP contribution >= 0.6 is 0 Å². The predicted octanol–water partition coefficient (Wildman–Crippen LogP) is 2.11. The van der Waals surface area contributed by atoms with Crippen molar-refractivity contribution in [2.75, 3.05) is 40.4 Å². The molecule has 2 aliphatic rings. The molecule has 0 bridgehead atoms. The van der Waals surface area contributed by atoms with Gasteiger partial charge in [-0.2, -0.15) is 0 Å². The molecule has 2 aromatic rings. The molecule has 32 heavy (non-hydrogen) atoms. The monoisotopic (exact) mass is 435 g/mol. The van der Waals surface area contributed by atoms with Crippen LogP contribution < -0.4 is 15.2 Å². The number of para-hydroxylation sites is 1. The van der Waals surface area contributed by atoms with Crippen molar-refractivity contribution in [2.24, 2.45) is 15.7 Å². The number of esters is 1. The maximum Gasteiger partial charge on any atom is 0.365 e. The summed E-state index contributed by atoms with van der Waals surface area (Å²) in [6.07, 6.45) is 1.73. The highest BCUT2D eigenvalue weighted by Crippen LogP contribution is 2.29. The molecule has 0 unspecified atom stereocenters. The van der Waals surface area contributed by atoms with E-state index < -0.39 is 5.97 Å². The second-order valence-electron chi connectivity index (χ2n) is 7.22. The van der Waals surface area contributed by atoms with Gasteiger partial charge < -0.3 is 29.7 Å². The Kier molecular flexibility index (Phi) is 6.25. The van der Waals surface area contributed by atoms with E-state index in [2.05, 4.69) is 9.98 Å². The second kappa shape index (κ2) is 9.42. The molecule has 1 fully saturated rings. The van der Waals surface area contributed by atoms with E-state index in [1.807, 2.05) is 40.1 Å². The highest BCUT2D eigenvalue weighted by atomic mass is 16.6. The first-order valence-electron chi connectivity index (χ1n) is 10.2. The van der Waals surface area contributed by atoms with Gasteiger partial charge in [-0.15, -0.1) is 0 Å². The van der Waals surface area contributed by atoms with E-state index in [1.165, 1.54) is 0 Å². The molecule has 0 aliphatic carbocycles. The van der Waals surface area contributed by atoms with Crippen molar-refractivity contribution in [3.63, 3.8) is 0 Å². The number of carbonyl (C=O) groups excluding carboxylic acids is 1. The third-order valence-corrected chi connectivity index (χ3v) is 5.19. The number of ether oxygens (including phenoxy) is 3. The number of aliphatic imine (C=N–C) groups is 2. The molecule has 0 spiro atoms. The van der Waals surface area contributed by atoms with Crippen LogP contribution in [0.25, 0.3) is 0 Å². The quantitative estimate of drug-likeness (QED) is 0.332. The summed E-state index contributed by atoms with van der Waals surface area (Å²) in [5.41, 5.74) is 7.88. The molecular formula is C23H25N5O4. The molecule has 0 aromatic heterocycles. The van der Waals surface area contributed by atoms with Crippen LogP contribution in [0.4, 0.5) is 5.69 Å². The summed E-state index contributed by atoms with van der Waals surface area (Å²) in [4.78, 5) is 25.2. The number of nitrogens with two attached hydrogens (primary N) is 1. The number of nitrogens with zero attached hydrogens (tertiary/aromatic N) is 4. The van der Waals surface area contributed by atoms with E-state index in [9.17, 15) is 4.79 Å². The summed E-state index contributed by atoms with van der Waals surface area (Å²) in [6.45, 7) is 2.74. The van der Waals surface area contributed by atoms with Gasteiger partial charge in [0.05, 0.1) is 19.9 Å². The number of hydrogen-bond donors (Lipinski definition) is 1. The van der Waals surface area contributed by atoms with Crippen molar-refractivity contribution >= 4 is 23.5 Å². The minimum absolute atomic E-state index is 0.236. The average molecular weight is 435 g/mol. The molecule has 0 amide bonds.